The van der Waals surface area contributed by atoms with E-state index < -0.39 is 17.9 Å². The summed E-state index contributed by atoms with van der Waals surface area (Å²) in [5.41, 5.74) is 2.94. The number of piperazine rings is 1. The van der Waals surface area contributed by atoms with Crippen LogP contribution in [0.5, 0.6) is 0 Å². The summed E-state index contributed by atoms with van der Waals surface area (Å²) in [6.45, 7) is -0.0830. The highest BCUT2D eigenvalue weighted by Gasteiger charge is 2.48. The predicted molar refractivity (Wildman–Crippen MR) is 90.0 cm³/mol. The summed E-state index contributed by atoms with van der Waals surface area (Å²) in [5, 5.41) is 6.58. The van der Waals surface area contributed by atoms with Crippen molar-refractivity contribution in [2.45, 2.75) is 43.9 Å². The Hall–Kier alpha value is -2.64. The summed E-state index contributed by atoms with van der Waals surface area (Å²) in [5.74, 6) is -1.05. The van der Waals surface area contributed by atoms with Gasteiger partial charge in [-0.15, -0.1) is 0 Å². The molecule has 1 aromatic rings. The Bertz CT molecular complexity index is 725. The fourth-order valence-corrected chi connectivity index (χ4v) is 3.99. The topological polar surface area (TPSA) is 77.0 Å². The van der Waals surface area contributed by atoms with Crippen molar-refractivity contribution >= 4 is 23.8 Å². The third kappa shape index (κ3) is 2.81. The van der Waals surface area contributed by atoms with Gasteiger partial charge in [0.15, 0.2) is 6.17 Å². The van der Waals surface area contributed by atoms with Crippen LogP contribution in [0.3, 0.4) is 0 Å². The Kier molecular flexibility index (Phi) is 4.03. The Labute approximate surface area is 144 Å². The molecule has 3 unspecified atom stereocenters. The molecule has 0 aromatic heterocycles. The van der Waals surface area contributed by atoms with Crippen molar-refractivity contribution in [2.75, 3.05) is 11.9 Å². The first-order chi connectivity index (χ1) is 12.1. The number of rotatable bonds is 3. The first-order valence-electron chi connectivity index (χ1n) is 8.56. The van der Waals surface area contributed by atoms with Crippen molar-refractivity contribution in [3.63, 3.8) is 0 Å². The molecule has 0 radical (unpaired) electrons. The minimum Gasteiger partial charge on any atom is -0.327 e. The maximum atomic E-state index is 13.7. The maximum Gasteiger partial charge on any atom is 0.268 e. The van der Waals surface area contributed by atoms with E-state index in [0.717, 1.165) is 25.7 Å². The van der Waals surface area contributed by atoms with Crippen LogP contribution >= 0.6 is 0 Å². The number of hydrazone groups is 1. The van der Waals surface area contributed by atoms with Gasteiger partial charge in [-0.05, 0) is 25.0 Å². The molecule has 2 fully saturated rings. The lowest BCUT2D eigenvalue weighted by Gasteiger charge is -2.50. The zero-order valence-electron chi connectivity index (χ0n) is 13.7. The van der Waals surface area contributed by atoms with Crippen LogP contribution in [-0.4, -0.2) is 52.7 Å². The van der Waals surface area contributed by atoms with E-state index >= 15 is 0 Å². The molecule has 1 aliphatic carbocycles. The Morgan fingerprint density at radius 2 is 2.04 bits per heavy atom. The van der Waals surface area contributed by atoms with Crippen molar-refractivity contribution in [1.82, 2.24) is 15.2 Å². The summed E-state index contributed by atoms with van der Waals surface area (Å²) >= 11 is 0. The Morgan fingerprint density at radius 1 is 1.28 bits per heavy atom. The zero-order chi connectivity index (χ0) is 17.4. The highest BCUT2D eigenvalue weighted by molar-refractivity contribution is 5.96. The lowest BCUT2D eigenvalue weighted by atomic mass is 9.85. The van der Waals surface area contributed by atoms with Crippen LogP contribution in [0.4, 0.5) is 10.1 Å². The second-order valence-electron chi connectivity index (χ2n) is 6.64. The van der Waals surface area contributed by atoms with Gasteiger partial charge in [0.25, 0.3) is 5.91 Å². The van der Waals surface area contributed by atoms with Crippen molar-refractivity contribution < 1.29 is 14.0 Å². The number of para-hydroxylation sites is 1. The van der Waals surface area contributed by atoms with Gasteiger partial charge >= 0.3 is 0 Å². The molecule has 4 rings (SSSR count). The number of halogens is 1. The molecule has 3 atom stereocenters. The number of amides is 2. The Balaban J connectivity index is 1.51. The van der Waals surface area contributed by atoms with Gasteiger partial charge in [-0.25, -0.2) is 4.39 Å². The first kappa shape index (κ1) is 15.9. The highest BCUT2D eigenvalue weighted by atomic mass is 19.1. The van der Waals surface area contributed by atoms with E-state index in [9.17, 15) is 14.0 Å². The molecule has 0 spiro atoms. The van der Waals surface area contributed by atoms with E-state index in [1.165, 1.54) is 12.1 Å². The fraction of sp³-hybridized carbons (Fsp3) is 0.471. The number of carbonyl (C=O) groups excluding carboxylic acids is 2. The molecule has 3 aliphatic rings. The van der Waals surface area contributed by atoms with E-state index in [1.54, 1.807) is 23.4 Å². The predicted octanol–water partition coefficient (Wildman–Crippen LogP) is 1.09. The Morgan fingerprint density at radius 3 is 2.84 bits per heavy atom. The molecule has 0 bridgehead atoms. The second kappa shape index (κ2) is 6.34. The van der Waals surface area contributed by atoms with Gasteiger partial charge in [0.1, 0.15) is 18.7 Å². The molecule has 2 amide bonds. The number of carbonyl (C=O) groups is 2. The fourth-order valence-electron chi connectivity index (χ4n) is 3.99. The summed E-state index contributed by atoms with van der Waals surface area (Å²) < 4.78 is 13.7. The van der Waals surface area contributed by atoms with Gasteiger partial charge < -0.3 is 15.1 Å². The molecule has 8 heteroatoms. The molecule has 2 heterocycles. The van der Waals surface area contributed by atoms with Crippen molar-refractivity contribution in [1.29, 1.82) is 0 Å². The number of nitrogens with one attached hydrogen (secondary N) is 2. The summed E-state index contributed by atoms with van der Waals surface area (Å²) in [6.07, 6.45) is 5.10. The largest absolute Gasteiger partial charge is 0.327 e. The number of anilines is 1. The van der Waals surface area contributed by atoms with Gasteiger partial charge in [0, 0.05) is 0 Å². The number of fused-ring (bicyclic) bond motifs is 3. The quantitative estimate of drug-likeness (QED) is 0.860. The van der Waals surface area contributed by atoms with E-state index in [1.807, 2.05) is 4.90 Å². The lowest BCUT2D eigenvalue weighted by Crippen LogP contribution is -2.68. The highest BCUT2D eigenvalue weighted by Crippen LogP contribution is 2.33. The standard InChI is InChI=1S/C17H20FN5O2/c18-11-5-1-2-6-12(11)20-15(24)9-22-13-7-3-4-8-14(13)23-10-19-21-16(23)17(22)25/h1-2,5-6,10,13-14,16,21H,3-4,7-9H2,(H,20,24). The smallest absolute Gasteiger partial charge is 0.268 e. The van der Waals surface area contributed by atoms with Crippen LogP contribution < -0.4 is 10.7 Å². The molecule has 1 saturated carbocycles. The first-order valence-corrected chi connectivity index (χ1v) is 8.56. The normalized spacial score (nSPS) is 27.6. The molecule has 1 saturated heterocycles. The molecule has 7 nitrogen and oxygen atoms in total. The van der Waals surface area contributed by atoms with Crippen LogP contribution in [0, 0.1) is 5.82 Å². The van der Waals surface area contributed by atoms with Gasteiger partial charge in [0.05, 0.1) is 17.8 Å². The molecule has 25 heavy (non-hydrogen) atoms. The number of hydrogen-bond acceptors (Lipinski definition) is 5. The molecule has 2 aliphatic heterocycles. The van der Waals surface area contributed by atoms with E-state index in [4.69, 9.17) is 0 Å². The molecular formula is C17H20FN5O2. The minimum absolute atomic E-state index is 0.0183. The molecule has 1 aromatic carbocycles. The van der Waals surface area contributed by atoms with E-state index in [0.29, 0.717) is 0 Å². The zero-order valence-corrected chi connectivity index (χ0v) is 13.7. The van der Waals surface area contributed by atoms with Crippen molar-refractivity contribution in [3.05, 3.63) is 30.1 Å². The second-order valence-corrected chi connectivity index (χ2v) is 6.64. The number of hydrogen-bond donors (Lipinski definition) is 2. The number of nitrogens with zero attached hydrogens (tertiary/aromatic N) is 3. The van der Waals surface area contributed by atoms with Crippen molar-refractivity contribution in [2.24, 2.45) is 5.10 Å². The minimum atomic E-state index is -0.541. The lowest BCUT2D eigenvalue weighted by molar-refractivity contribution is -0.151. The number of benzene rings is 1. The molecule has 132 valence electrons. The van der Waals surface area contributed by atoms with Gasteiger partial charge in [-0.2, -0.15) is 5.10 Å². The van der Waals surface area contributed by atoms with Crippen LogP contribution in [-0.2, 0) is 9.59 Å². The summed E-state index contributed by atoms with van der Waals surface area (Å²) in [7, 11) is 0. The van der Waals surface area contributed by atoms with Gasteiger partial charge in [-0.3, -0.25) is 15.0 Å². The maximum absolute atomic E-state index is 13.7. The van der Waals surface area contributed by atoms with Gasteiger partial charge in [0.2, 0.25) is 5.91 Å². The monoisotopic (exact) mass is 345 g/mol. The molecule has 2 N–H and O–H groups in total. The van der Waals surface area contributed by atoms with E-state index in [2.05, 4.69) is 15.8 Å². The van der Waals surface area contributed by atoms with E-state index in [-0.39, 0.29) is 30.2 Å². The van der Waals surface area contributed by atoms with Crippen molar-refractivity contribution in [3.8, 4) is 0 Å². The van der Waals surface area contributed by atoms with Crippen LogP contribution in [0.25, 0.3) is 0 Å². The average molecular weight is 345 g/mol. The third-order valence-electron chi connectivity index (χ3n) is 5.14. The van der Waals surface area contributed by atoms with Crippen LogP contribution in [0.15, 0.2) is 29.4 Å². The summed E-state index contributed by atoms with van der Waals surface area (Å²) in [6, 6.07) is 6.15. The SMILES string of the molecule is O=C(CN1C(=O)C2NN=CN2C2CCCCC21)Nc1ccccc1F. The van der Waals surface area contributed by atoms with Gasteiger partial charge in [-0.1, -0.05) is 25.0 Å². The van der Waals surface area contributed by atoms with Crippen LogP contribution in [0.2, 0.25) is 0 Å². The van der Waals surface area contributed by atoms with Crippen LogP contribution in [0.1, 0.15) is 25.7 Å². The summed E-state index contributed by atoms with van der Waals surface area (Å²) in [4.78, 5) is 28.8. The average Bonchev–Trinajstić information content (AvgIpc) is 3.11. The third-order valence-corrected chi connectivity index (χ3v) is 5.14. The molecular weight excluding hydrogens is 325 g/mol.